The number of unbranched alkanes of at least 4 members (excludes halogenated alkanes) is 1. The number of amides is 1. The Bertz CT molecular complexity index is 149. The van der Waals surface area contributed by atoms with Crippen LogP contribution in [-0.4, -0.2) is 41.7 Å². The molecule has 0 aromatic carbocycles. The van der Waals surface area contributed by atoms with Crippen LogP contribution in [-0.2, 0) is 4.79 Å². The average Bonchev–Trinajstić information content (AvgIpc) is 2.68. The molecule has 1 aliphatic heterocycles. The van der Waals surface area contributed by atoms with Gasteiger partial charge < -0.3 is 10.8 Å². The molecule has 2 unspecified atom stereocenters. The third-order valence-electron chi connectivity index (χ3n) is 1.90. The lowest BCUT2D eigenvalue weighted by Gasteiger charge is -1.99. The highest BCUT2D eigenvalue weighted by atomic mass is 16.2. The highest BCUT2D eigenvalue weighted by Crippen LogP contribution is 2.16. The molecule has 0 radical (unpaired) electrons. The second-order valence-corrected chi connectivity index (χ2v) is 2.84. The number of nitrogens with two attached hydrogens (primary N) is 1. The number of nitrogens with zero attached hydrogens (tertiary/aromatic N) is 1. The third-order valence-corrected chi connectivity index (χ3v) is 1.90. The fraction of sp³-hybridized carbons (Fsp3) is 0.857. The summed E-state index contributed by atoms with van der Waals surface area (Å²) in [6.07, 6.45) is 1.75. The van der Waals surface area contributed by atoms with Crippen molar-refractivity contribution in [3.63, 3.8) is 0 Å². The molecule has 4 heteroatoms. The van der Waals surface area contributed by atoms with Crippen molar-refractivity contribution < 1.29 is 9.90 Å². The SMILES string of the molecule is NC(=O)C1CN1CCCCO. The highest BCUT2D eigenvalue weighted by Gasteiger charge is 2.37. The van der Waals surface area contributed by atoms with Gasteiger partial charge in [-0.05, 0) is 19.4 Å². The van der Waals surface area contributed by atoms with Crippen molar-refractivity contribution in [2.45, 2.75) is 18.9 Å². The summed E-state index contributed by atoms with van der Waals surface area (Å²) in [7, 11) is 0. The van der Waals surface area contributed by atoms with Gasteiger partial charge in [-0.2, -0.15) is 0 Å². The van der Waals surface area contributed by atoms with Crippen molar-refractivity contribution in [3.8, 4) is 0 Å². The van der Waals surface area contributed by atoms with Crippen LogP contribution in [0.25, 0.3) is 0 Å². The van der Waals surface area contributed by atoms with Crippen molar-refractivity contribution in [3.05, 3.63) is 0 Å². The van der Waals surface area contributed by atoms with Gasteiger partial charge in [-0.3, -0.25) is 9.69 Å². The summed E-state index contributed by atoms with van der Waals surface area (Å²) in [6, 6.07) is -0.0197. The lowest BCUT2D eigenvalue weighted by atomic mass is 10.3. The smallest absolute Gasteiger partial charge is 0.236 e. The molecule has 0 saturated carbocycles. The van der Waals surface area contributed by atoms with Gasteiger partial charge in [-0.15, -0.1) is 0 Å². The van der Waals surface area contributed by atoms with Crippen LogP contribution in [0.5, 0.6) is 0 Å². The minimum absolute atomic E-state index is 0.0197. The number of hydrogen-bond donors (Lipinski definition) is 2. The number of hydrogen-bond acceptors (Lipinski definition) is 3. The van der Waals surface area contributed by atoms with Crippen molar-refractivity contribution in [1.82, 2.24) is 4.90 Å². The van der Waals surface area contributed by atoms with E-state index in [2.05, 4.69) is 0 Å². The van der Waals surface area contributed by atoms with Crippen LogP contribution < -0.4 is 5.73 Å². The number of primary amides is 1. The Labute approximate surface area is 66.0 Å². The molecule has 0 aliphatic carbocycles. The van der Waals surface area contributed by atoms with Gasteiger partial charge in [0.15, 0.2) is 0 Å². The predicted molar refractivity (Wildman–Crippen MR) is 40.9 cm³/mol. The topological polar surface area (TPSA) is 66.3 Å². The normalized spacial score (nSPS) is 28.5. The average molecular weight is 158 g/mol. The van der Waals surface area contributed by atoms with Crippen molar-refractivity contribution in [2.75, 3.05) is 19.7 Å². The zero-order valence-electron chi connectivity index (χ0n) is 6.49. The minimum atomic E-state index is -0.228. The van der Waals surface area contributed by atoms with Crippen molar-refractivity contribution in [1.29, 1.82) is 0 Å². The number of aliphatic hydroxyl groups excluding tert-OH is 1. The molecule has 3 N–H and O–H groups in total. The molecule has 64 valence electrons. The Kier molecular flexibility index (Phi) is 2.84. The number of rotatable bonds is 5. The molecule has 1 heterocycles. The van der Waals surface area contributed by atoms with Gasteiger partial charge in [0.25, 0.3) is 0 Å². The van der Waals surface area contributed by atoms with Gasteiger partial charge in [0, 0.05) is 13.2 Å². The van der Waals surface area contributed by atoms with E-state index in [-0.39, 0.29) is 18.6 Å². The molecule has 0 spiro atoms. The molecule has 1 rings (SSSR count). The maximum Gasteiger partial charge on any atom is 0.236 e. The first-order valence-corrected chi connectivity index (χ1v) is 3.90. The number of aliphatic hydroxyl groups is 1. The maximum absolute atomic E-state index is 10.5. The molecule has 4 nitrogen and oxygen atoms in total. The zero-order valence-corrected chi connectivity index (χ0v) is 6.49. The van der Waals surface area contributed by atoms with E-state index in [1.807, 2.05) is 4.90 Å². The molecule has 11 heavy (non-hydrogen) atoms. The van der Waals surface area contributed by atoms with Crippen LogP contribution >= 0.6 is 0 Å². The molecule has 0 aromatic rings. The first-order chi connectivity index (χ1) is 5.25. The minimum Gasteiger partial charge on any atom is -0.396 e. The molecular formula is C7H14N2O2. The summed E-state index contributed by atoms with van der Waals surface area (Å²) in [6.45, 7) is 1.92. The summed E-state index contributed by atoms with van der Waals surface area (Å²) in [4.78, 5) is 12.5. The quantitative estimate of drug-likeness (QED) is 0.395. The van der Waals surface area contributed by atoms with Gasteiger partial charge in [0.2, 0.25) is 5.91 Å². The fourth-order valence-electron chi connectivity index (χ4n) is 1.12. The van der Waals surface area contributed by atoms with Crippen molar-refractivity contribution >= 4 is 5.91 Å². The van der Waals surface area contributed by atoms with E-state index < -0.39 is 0 Å². The van der Waals surface area contributed by atoms with Crippen LogP contribution in [0.1, 0.15) is 12.8 Å². The highest BCUT2D eigenvalue weighted by molar-refractivity contribution is 5.82. The molecule has 1 saturated heterocycles. The van der Waals surface area contributed by atoms with Gasteiger partial charge in [0.1, 0.15) is 6.04 Å². The first kappa shape index (κ1) is 8.49. The fourth-order valence-corrected chi connectivity index (χ4v) is 1.12. The molecule has 1 fully saturated rings. The Hall–Kier alpha value is -0.610. The maximum atomic E-state index is 10.5. The van der Waals surface area contributed by atoms with Gasteiger partial charge in [0.05, 0.1) is 0 Å². The van der Waals surface area contributed by atoms with Crippen LogP contribution in [0.2, 0.25) is 0 Å². The first-order valence-electron chi connectivity index (χ1n) is 3.90. The third kappa shape index (κ3) is 2.48. The second-order valence-electron chi connectivity index (χ2n) is 2.84. The standard InChI is InChI=1S/C7H14N2O2/c8-7(11)6-5-9(6)3-1-2-4-10/h6,10H,1-5H2,(H2,8,11). The van der Waals surface area contributed by atoms with E-state index in [0.29, 0.717) is 0 Å². The summed E-state index contributed by atoms with van der Waals surface area (Å²) in [5.74, 6) is -0.228. The summed E-state index contributed by atoms with van der Waals surface area (Å²) < 4.78 is 0. The number of carbonyl (C=O) groups is 1. The monoisotopic (exact) mass is 158 g/mol. The predicted octanol–water partition coefficient (Wildman–Crippen LogP) is -1.07. The second kappa shape index (κ2) is 3.69. The van der Waals surface area contributed by atoms with E-state index in [1.165, 1.54) is 0 Å². The van der Waals surface area contributed by atoms with E-state index >= 15 is 0 Å². The van der Waals surface area contributed by atoms with Crippen LogP contribution in [0.4, 0.5) is 0 Å². The van der Waals surface area contributed by atoms with Crippen LogP contribution in [0, 0.1) is 0 Å². The summed E-state index contributed by atoms with van der Waals surface area (Å²) >= 11 is 0. The largest absolute Gasteiger partial charge is 0.396 e. The Morgan fingerprint density at radius 1 is 1.64 bits per heavy atom. The molecule has 2 atom stereocenters. The molecular weight excluding hydrogens is 144 g/mol. The molecule has 1 aliphatic rings. The van der Waals surface area contributed by atoms with Gasteiger partial charge in [-0.1, -0.05) is 0 Å². The Morgan fingerprint density at radius 2 is 2.36 bits per heavy atom. The lowest BCUT2D eigenvalue weighted by Crippen LogP contribution is -2.22. The van der Waals surface area contributed by atoms with Gasteiger partial charge in [-0.25, -0.2) is 0 Å². The zero-order chi connectivity index (χ0) is 8.27. The van der Waals surface area contributed by atoms with E-state index in [4.69, 9.17) is 10.8 Å². The van der Waals surface area contributed by atoms with Crippen molar-refractivity contribution in [2.24, 2.45) is 5.73 Å². The van der Waals surface area contributed by atoms with E-state index in [9.17, 15) is 4.79 Å². The van der Waals surface area contributed by atoms with E-state index in [0.717, 1.165) is 25.9 Å². The number of carbonyl (C=O) groups excluding carboxylic acids is 1. The Balaban J connectivity index is 2.00. The molecule has 1 amide bonds. The van der Waals surface area contributed by atoms with Crippen LogP contribution in [0.15, 0.2) is 0 Å². The van der Waals surface area contributed by atoms with Gasteiger partial charge >= 0.3 is 0 Å². The summed E-state index contributed by atoms with van der Waals surface area (Å²) in [5, 5.41) is 8.46. The van der Waals surface area contributed by atoms with Crippen LogP contribution in [0.3, 0.4) is 0 Å². The Morgan fingerprint density at radius 3 is 2.82 bits per heavy atom. The van der Waals surface area contributed by atoms with E-state index in [1.54, 1.807) is 0 Å². The molecule has 0 bridgehead atoms. The molecule has 0 aromatic heterocycles. The summed E-state index contributed by atoms with van der Waals surface area (Å²) in [5.41, 5.74) is 5.06. The lowest BCUT2D eigenvalue weighted by molar-refractivity contribution is -0.118.